The van der Waals surface area contributed by atoms with Gasteiger partial charge in [0.2, 0.25) is 0 Å². The Balaban J connectivity index is 1.99. The minimum atomic E-state index is -0.0322. The summed E-state index contributed by atoms with van der Waals surface area (Å²) < 4.78 is 6.19. The third-order valence-corrected chi connectivity index (χ3v) is 4.85. The third-order valence-electron chi connectivity index (χ3n) is 4.85. The van der Waals surface area contributed by atoms with Crippen molar-refractivity contribution in [1.29, 1.82) is 0 Å². The van der Waals surface area contributed by atoms with Crippen LogP contribution in [0.3, 0.4) is 0 Å². The van der Waals surface area contributed by atoms with E-state index in [4.69, 9.17) is 4.74 Å². The van der Waals surface area contributed by atoms with E-state index < -0.39 is 0 Å². The molecule has 3 atom stereocenters. The van der Waals surface area contributed by atoms with Crippen molar-refractivity contribution in [3.05, 3.63) is 0 Å². The van der Waals surface area contributed by atoms with Crippen molar-refractivity contribution in [2.24, 2.45) is 5.92 Å². The van der Waals surface area contributed by atoms with Gasteiger partial charge >= 0.3 is 0 Å². The Kier molecular flexibility index (Phi) is 4.08. The molecule has 106 valence electrons. The highest BCUT2D eigenvalue weighted by Gasteiger charge is 2.46. The molecule has 0 amide bonds. The van der Waals surface area contributed by atoms with Gasteiger partial charge in [-0.15, -0.1) is 0 Å². The van der Waals surface area contributed by atoms with Gasteiger partial charge in [-0.05, 0) is 52.9 Å². The second-order valence-corrected chi connectivity index (χ2v) is 7.61. The van der Waals surface area contributed by atoms with Crippen molar-refractivity contribution in [3.63, 3.8) is 0 Å². The highest BCUT2D eigenvalue weighted by molar-refractivity contribution is 5.00. The zero-order chi connectivity index (χ0) is 13.4. The molecule has 0 aromatic heterocycles. The summed E-state index contributed by atoms with van der Waals surface area (Å²) in [5.41, 5.74) is -0.00927. The zero-order valence-electron chi connectivity index (χ0n) is 12.9. The van der Waals surface area contributed by atoms with Crippen molar-refractivity contribution in [3.8, 4) is 0 Å². The Morgan fingerprint density at radius 2 is 1.67 bits per heavy atom. The first-order valence-electron chi connectivity index (χ1n) is 7.76. The molecule has 1 saturated heterocycles. The molecule has 0 spiro atoms. The van der Waals surface area contributed by atoms with Gasteiger partial charge < -0.3 is 10.1 Å². The number of hydrogen-bond acceptors (Lipinski definition) is 2. The van der Waals surface area contributed by atoms with Crippen LogP contribution in [0, 0.1) is 5.92 Å². The minimum Gasteiger partial charge on any atom is -0.368 e. The molecule has 0 aromatic carbocycles. The Morgan fingerprint density at radius 1 is 1.00 bits per heavy atom. The molecular weight excluding hydrogens is 222 g/mol. The standard InChI is InChI=1S/C16H31NO/c1-12-9-7-6-8-10-13(12)17-14-11-15(2,3)18-16(14,4)5/h12-14,17H,6-11H2,1-5H3. The third kappa shape index (κ3) is 3.27. The molecule has 0 aromatic rings. The lowest BCUT2D eigenvalue weighted by atomic mass is 9.90. The van der Waals surface area contributed by atoms with Crippen molar-refractivity contribution in [2.45, 2.75) is 96.4 Å². The molecule has 18 heavy (non-hydrogen) atoms. The molecule has 2 aliphatic rings. The van der Waals surface area contributed by atoms with Gasteiger partial charge in [0, 0.05) is 12.1 Å². The highest BCUT2D eigenvalue weighted by Crippen LogP contribution is 2.38. The molecule has 0 radical (unpaired) electrons. The van der Waals surface area contributed by atoms with Crippen LogP contribution in [0.25, 0.3) is 0 Å². The van der Waals surface area contributed by atoms with Crippen molar-refractivity contribution < 1.29 is 4.74 Å². The van der Waals surface area contributed by atoms with E-state index >= 15 is 0 Å². The van der Waals surface area contributed by atoms with Crippen molar-refractivity contribution >= 4 is 0 Å². The monoisotopic (exact) mass is 253 g/mol. The van der Waals surface area contributed by atoms with E-state index in [2.05, 4.69) is 39.9 Å². The second-order valence-electron chi connectivity index (χ2n) is 7.61. The van der Waals surface area contributed by atoms with E-state index in [0.717, 1.165) is 12.3 Å². The first-order valence-corrected chi connectivity index (χ1v) is 7.76. The lowest BCUT2D eigenvalue weighted by Crippen LogP contribution is -2.49. The largest absolute Gasteiger partial charge is 0.368 e. The Morgan fingerprint density at radius 3 is 2.28 bits per heavy atom. The topological polar surface area (TPSA) is 21.3 Å². The van der Waals surface area contributed by atoms with Crippen LogP contribution >= 0.6 is 0 Å². The number of hydrogen-bond donors (Lipinski definition) is 1. The van der Waals surface area contributed by atoms with Gasteiger partial charge in [0.05, 0.1) is 11.2 Å². The molecule has 1 aliphatic heterocycles. The predicted molar refractivity (Wildman–Crippen MR) is 76.8 cm³/mol. The summed E-state index contributed by atoms with van der Waals surface area (Å²) in [4.78, 5) is 0. The van der Waals surface area contributed by atoms with Crippen LogP contribution in [0.4, 0.5) is 0 Å². The quantitative estimate of drug-likeness (QED) is 0.754. The van der Waals surface area contributed by atoms with Crippen LogP contribution in [0.15, 0.2) is 0 Å². The Bertz CT molecular complexity index is 285. The molecule has 2 heteroatoms. The molecular formula is C16H31NO. The first-order chi connectivity index (χ1) is 8.30. The maximum Gasteiger partial charge on any atom is 0.0787 e. The van der Waals surface area contributed by atoms with Crippen LogP contribution in [0.5, 0.6) is 0 Å². The summed E-state index contributed by atoms with van der Waals surface area (Å²) in [6.07, 6.45) is 8.07. The SMILES string of the molecule is CC1CCCCCC1NC1CC(C)(C)OC1(C)C. The molecule has 1 heterocycles. The summed E-state index contributed by atoms with van der Waals surface area (Å²) in [6.45, 7) is 11.3. The Labute approximate surface area is 113 Å². The molecule has 0 bridgehead atoms. The second kappa shape index (κ2) is 5.13. The fraction of sp³-hybridized carbons (Fsp3) is 1.00. The zero-order valence-corrected chi connectivity index (χ0v) is 12.9. The van der Waals surface area contributed by atoms with Crippen LogP contribution in [0.2, 0.25) is 0 Å². The molecule has 1 aliphatic carbocycles. The summed E-state index contributed by atoms with van der Waals surface area (Å²) in [6, 6.07) is 1.19. The number of rotatable bonds is 2. The van der Waals surface area contributed by atoms with E-state index in [9.17, 15) is 0 Å². The summed E-state index contributed by atoms with van der Waals surface area (Å²) in [5.74, 6) is 0.812. The minimum absolute atomic E-state index is 0.0230. The molecule has 1 N–H and O–H groups in total. The van der Waals surface area contributed by atoms with Gasteiger partial charge in [-0.3, -0.25) is 0 Å². The van der Waals surface area contributed by atoms with E-state index in [-0.39, 0.29) is 11.2 Å². The smallest absolute Gasteiger partial charge is 0.0787 e. The van der Waals surface area contributed by atoms with Gasteiger partial charge in [0.1, 0.15) is 0 Å². The highest BCUT2D eigenvalue weighted by atomic mass is 16.5. The van der Waals surface area contributed by atoms with Gasteiger partial charge in [-0.1, -0.05) is 26.2 Å². The van der Waals surface area contributed by atoms with Gasteiger partial charge in [0.25, 0.3) is 0 Å². The summed E-state index contributed by atoms with van der Waals surface area (Å²) in [5, 5.41) is 3.93. The normalized spacial score (nSPS) is 39.5. The van der Waals surface area contributed by atoms with Gasteiger partial charge in [-0.25, -0.2) is 0 Å². The lowest BCUT2D eigenvalue weighted by Gasteiger charge is -2.33. The summed E-state index contributed by atoms with van der Waals surface area (Å²) in [7, 11) is 0. The van der Waals surface area contributed by atoms with Crippen LogP contribution in [-0.2, 0) is 4.74 Å². The van der Waals surface area contributed by atoms with Crippen molar-refractivity contribution in [1.82, 2.24) is 5.32 Å². The molecule has 2 fully saturated rings. The van der Waals surface area contributed by atoms with Crippen LogP contribution in [0.1, 0.15) is 73.1 Å². The summed E-state index contributed by atoms with van der Waals surface area (Å²) >= 11 is 0. The first kappa shape index (κ1) is 14.3. The average Bonchev–Trinajstić information content (AvgIpc) is 2.37. The van der Waals surface area contributed by atoms with Gasteiger partial charge in [-0.2, -0.15) is 0 Å². The molecule has 2 nitrogen and oxygen atoms in total. The van der Waals surface area contributed by atoms with E-state index in [1.807, 2.05) is 0 Å². The number of ether oxygens (including phenoxy) is 1. The number of nitrogens with one attached hydrogen (secondary N) is 1. The maximum atomic E-state index is 6.19. The van der Waals surface area contributed by atoms with Gasteiger partial charge in [0.15, 0.2) is 0 Å². The van der Waals surface area contributed by atoms with Crippen LogP contribution < -0.4 is 5.32 Å². The average molecular weight is 253 g/mol. The van der Waals surface area contributed by atoms with Crippen LogP contribution in [-0.4, -0.2) is 23.3 Å². The maximum absolute atomic E-state index is 6.19. The Hall–Kier alpha value is -0.0800. The van der Waals surface area contributed by atoms with E-state index in [0.29, 0.717) is 12.1 Å². The molecule has 1 saturated carbocycles. The predicted octanol–water partition coefficient (Wildman–Crippen LogP) is 3.89. The van der Waals surface area contributed by atoms with Crippen molar-refractivity contribution in [2.75, 3.05) is 0 Å². The molecule has 3 unspecified atom stereocenters. The molecule has 2 rings (SSSR count). The fourth-order valence-electron chi connectivity index (χ4n) is 3.82. The van der Waals surface area contributed by atoms with E-state index in [1.54, 1.807) is 0 Å². The fourth-order valence-corrected chi connectivity index (χ4v) is 3.82. The lowest BCUT2D eigenvalue weighted by molar-refractivity contribution is -0.0708. The van der Waals surface area contributed by atoms with E-state index in [1.165, 1.54) is 32.1 Å².